The molecule has 4 atom stereocenters. The molecule has 5 rings (SSSR count). The van der Waals surface area contributed by atoms with Crippen molar-refractivity contribution in [2.45, 2.75) is 45.6 Å². The van der Waals surface area contributed by atoms with Gasteiger partial charge in [0.25, 0.3) is 0 Å². The van der Waals surface area contributed by atoms with Crippen molar-refractivity contribution in [2.75, 3.05) is 19.6 Å². The fourth-order valence-corrected chi connectivity index (χ4v) is 5.81. The van der Waals surface area contributed by atoms with Crippen molar-refractivity contribution < 1.29 is 0 Å². The van der Waals surface area contributed by atoms with E-state index >= 15 is 0 Å². The molecule has 0 aromatic heterocycles. The topological polar surface area (TPSA) is 24.1 Å². The van der Waals surface area contributed by atoms with Gasteiger partial charge < -0.3 is 10.6 Å². The zero-order chi connectivity index (χ0) is 19.6. The van der Waals surface area contributed by atoms with Crippen LogP contribution in [0.3, 0.4) is 0 Å². The van der Waals surface area contributed by atoms with E-state index in [9.17, 15) is 0 Å². The van der Waals surface area contributed by atoms with Crippen LogP contribution in [0.25, 0.3) is 0 Å². The highest BCUT2D eigenvalue weighted by Crippen LogP contribution is 2.61. The third kappa shape index (κ3) is 3.90. The zero-order valence-electron chi connectivity index (χ0n) is 17.7. The lowest BCUT2D eigenvalue weighted by Gasteiger charge is -2.62. The summed E-state index contributed by atoms with van der Waals surface area (Å²) in [7, 11) is 0. The quantitative estimate of drug-likeness (QED) is 0.629. The fraction of sp³-hybridized carbons (Fsp3) is 0.538. The molecule has 0 saturated heterocycles. The minimum atomic E-state index is 0.407. The molecule has 2 N–H and O–H groups in total. The van der Waals surface area contributed by atoms with E-state index in [0.717, 1.165) is 37.4 Å². The van der Waals surface area contributed by atoms with Gasteiger partial charge in [-0.15, -0.1) is 0 Å². The van der Waals surface area contributed by atoms with E-state index in [2.05, 4.69) is 92.1 Å². The van der Waals surface area contributed by atoms with Gasteiger partial charge in [0, 0.05) is 31.6 Å². The van der Waals surface area contributed by atoms with E-state index in [1.54, 1.807) is 0 Å². The van der Waals surface area contributed by atoms with E-state index in [1.165, 1.54) is 24.0 Å². The van der Waals surface area contributed by atoms with Gasteiger partial charge in [-0.05, 0) is 47.1 Å². The number of benzene rings is 2. The summed E-state index contributed by atoms with van der Waals surface area (Å²) < 4.78 is 0. The predicted molar refractivity (Wildman–Crippen MR) is 119 cm³/mol. The fourth-order valence-electron chi connectivity index (χ4n) is 5.81. The Balaban J connectivity index is 1.27. The molecule has 2 bridgehead atoms. The van der Waals surface area contributed by atoms with Crippen molar-refractivity contribution >= 4 is 0 Å². The molecule has 28 heavy (non-hydrogen) atoms. The average molecular weight is 377 g/mol. The van der Waals surface area contributed by atoms with Gasteiger partial charge in [0.05, 0.1) is 0 Å². The van der Waals surface area contributed by atoms with Crippen LogP contribution in [-0.2, 0) is 0 Å². The zero-order valence-corrected chi connectivity index (χ0v) is 17.7. The molecule has 2 aromatic carbocycles. The molecule has 3 fully saturated rings. The van der Waals surface area contributed by atoms with E-state index in [4.69, 9.17) is 0 Å². The van der Waals surface area contributed by atoms with Gasteiger partial charge in [-0.25, -0.2) is 0 Å². The normalized spacial score (nSPS) is 28.1. The van der Waals surface area contributed by atoms with Crippen LogP contribution in [0.4, 0.5) is 0 Å². The van der Waals surface area contributed by atoms with Crippen molar-refractivity contribution in [3.05, 3.63) is 71.8 Å². The summed E-state index contributed by atoms with van der Waals surface area (Å²) in [6.07, 6.45) is 2.82. The molecule has 3 aliphatic rings. The Morgan fingerprint density at radius 1 is 0.893 bits per heavy atom. The standard InChI is InChI=1S/C26H36N2/c1-19-24-16-22(26(24,2)3)17-25(19)28-15-14-27-18-23(20-10-6-4-7-11-20)21-12-8-5-9-13-21/h4-13,19,22-25,27-28H,14-18H2,1-3H3/t19-,22+,24?,25-/m1/s1. The van der Waals surface area contributed by atoms with Gasteiger partial charge in [-0.1, -0.05) is 81.4 Å². The van der Waals surface area contributed by atoms with E-state index in [1.807, 2.05) is 0 Å². The second kappa shape index (κ2) is 8.39. The first kappa shape index (κ1) is 19.7. The smallest absolute Gasteiger partial charge is 0.0214 e. The highest BCUT2D eigenvalue weighted by Gasteiger charge is 2.55. The third-order valence-electron chi connectivity index (χ3n) is 7.81. The van der Waals surface area contributed by atoms with Crippen LogP contribution in [0.15, 0.2) is 60.7 Å². The predicted octanol–water partition coefficient (Wildman–Crippen LogP) is 5.07. The Hall–Kier alpha value is -1.64. The second-order valence-electron chi connectivity index (χ2n) is 9.59. The van der Waals surface area contributed by atoms with Crippen molar-refractivity contribution in [3.8, 4) is 0 Å². The highest BCUT2D eigenvalue weighted by atomic mass is 15.0. The minimum absolute atomic E-state index is 0.407. The second-order valence-corrected chi connectivity index (χ2v) is 9.59. The van der Waals surface area contributed by atoms with Crippen molar-refractivity contribution in [1.82, 2.24) is 10.6 Å². The first-order valence-electron chi connectivity index (χ1n) is 11.1. The Kier molecular flexibility index (Phi) is 5.89. The summed E-state index contributed by atoms with van der Waals surface area (Å²) in [4.78, 5) is 0. The van der Waals surface area contributed by atoms with Crippen LogP contribution in [0, 0.1) is 23.2 Å². The Labute approximate surface area is 171 Å². The minimum Gasteiger partial charge on any atom is -0.315 e. The van der Waals surface area contributed by atoms with Gasteiger partial charge in [0.1, 0.15) is 0 Å². The summed E-state index contributed by atoms with van der Waals surface area (Å²) in [5.74, 6) is 3.06. The molecule has 0 heterocycles. The summed E-state index contributed by atoms with van der Waals surface area (Å²) in [5.41, 5.74) is 3.35. The molecule has 0 aliphatic heterocycles. The van der Waals surface area contributed by atoms with Gasteiger partial charge in [-0.3, -0.25) is 0 Å². The Morgan fingerprint density at radius 3 is 2.04 bits per heavy atom. The molecule has 2 nitrogen and oxygen atoms in total. The molecular formula is C26H36N2. The van der Waals surface area contributed by atoms with E-state index < -0.39 is 0 Å². The SMILES string of the molecule is C[C@@H]1C2C[C@@H](C[C@H]1NCCNCC(c1ccccc1)c1ccccc1)C2(C)C. The van der Waals surface area contributed by atoms with E-state index in [-0.39, 0.29) is 0 Å². The summed E-state index contributed by atoms with van der Waals surface area (Å²) in [6.45, 7) is 10.5. The Morgan fingerprint density at radius 2 is 1.50 bits per heavy atom. The summed E-state index contributed by atoms with van der Waals surface area (Å²) in [5, 5.41) is 7.57. The average Bonchev–Trinajstić information content (AvgIpc) is 2.72. The largest absolute Gasteiger partial charge is 0.315 e. The lowest BCUT2D eigenvalue weighted by Crippen LogP contribution is -2.60. The number of nitrogens with one attached hydrogen (secondary N) is 2. The molecule has 2 heteroatoms. The molecule has 2 aromatic rings. The van der Waals surface area contributed by atoms with Crippen molar-refractivity contribution in [1.29, 1.82) is 0 Å². The number of rotatable bonds is 8. The summed E-state index contributed by atoms with van der Waals surface area (Å²) >= 11 is 0. The number of fused-ring (bicyclic) bond motifs is 2. The first-order valence-corrected chi connectivity index (χ1v) is 11.1. The van der Waals surface area contributed by atoms with Crippen LogP contribution in [0.5, 0.6) is 0 Å². The third-order valence-corrected chi connectivity index (χ3v) is 7.81. The molecule has 3 saturated carbocycles. The molecule has 150 valence electrons. The molecule has 3 aliphatic carbocycles. The lowest BCUT2D eigenvalue weighted by molar-refractivity contribution is -0.114. The van der Waals surface area contributed by atoms with Gasteiger partial charge >= 0.3 is 0 Å². The van der Waals surface area contributed by atoms with Crippen LogP contribution < -0.4 is 10.6 Å². The maximum atomic E-state index is 3.86. The van der Waals surface area contributed by atoms with Gasteiger partial charge in [-0.2, -0.15) is 0 Å². The van der Waals surface area contributed by atoms with Crippen molar-refractivity contribution in [2.24, 2.45) is 23.2 Å². The number of hydrogen-bond acceptors (Lipinski definition) is 2. The van der Waals surface area contributed by atoms with E-state index in [0.29, 0.717) is 17.4 Å². The van der Waals surface area contributed by atoms with Crippen LogP contribution in [0.2, 0.25) is 0 Å². The van der Waals surface area contributed by atoms with Gasteiger partial charge in [0.15, 0.2) is 0 Å². The molecule has 0 amide bonds. The molecule has 0 radical (unpaired) electrons. The van der Waals surface area contributed by atoms with Crippen LogP contribution in [0.1, 0.15) is 50.7 Å². The maximum Gasteiger partial charge on any atom is 0.0214 e. The molecule has 0 spiro atoms. The molecular weight excluding hydrogens is 340 g/mol. The Bertz CT molecular complexity index is 700. The van der Waals surface area contributed by atoms with Crippen LogP contribution >= 0.6 is 0 Å². The lowest BCUT2D eigenvalue weighted by atomic mass is 9.45. The monoisotopic (exact) mass is 376 g/mol. The highest BCUT2D eigenvalue weighted by molar-refractivity contribution is 5.32. The first-order chi connectivity index (χ1) is 13.6. The van der Waals surface area contributed by atoms with Crippen LogP contribution in [-0.4, -0.2) is 25.7 Å². The van der Waals surface area contributed by atoms with Gasteiger partial charge in [0.2, 0.25) is 0 Å². The summed E-state index contributed by atoms with van der Waals surface area (Å²) in [6, 6.07) is 22.5. The van der Waals surface area contributed by atoms with Crippen molar-refractivity contribution in [3.63, 3.8) is 0 Å². The molecule has 1 unspecified atom stereocenters. The maximum absolute atomic E-state index is 3.86. The number of hydrogen-bond donors (Lipinski definition) is 2.